The Morgan fingerprint density at radius 3 is 2.87 bits per heavy atom. The molecule has 2 rings (SSSR count). The van der Waals surface area contributed by atoms with Crippen LogP contribution in [0, 0.1) is 0 Å². The Morgan fingerprint density at radius 2 is 2.30 bits per heavy atom. The number of carbonyl (C=O) groups is 2. The molecule has 1 fully saturated rings. The highest BCUT2D eigenvalue weighted by molar-refractivity contribution is 7.11. The van der Waals surface area contributed by atoms with Crippen LogP contribution in [-0.4, -0.2) is 47.6 Å². The minimum Gasteiger partial charge on any atom is -0.426 e. The predicted molar refractivity (Wildman–Crippen MR) is 88.7 cm³/mol. The van der Waals surface area contributed by atoms with Gasteiger partial charge in [0.2, 0.25) is 0 Å². The summed E-state index contributed by atoms with van der Waals surface area (Å²) in [5.74, 6) is -0.887. The highest BCUT2D eigenvalue weighted by Crippen LogP contribution is 2.23. The molecule has 3 N–H and O–H groups in total. The largest absolute Gasteiger partial charge is 0.478 e. The second-order valence-corrected chi connectivity index (χ2v) is 6.44. The summed E-state index contributed by atoms with van der Waals surface area (Å²) in [6.45, 7) is 1.24. The van der Waals surface area contributed by atoms with Gasteiger partial charge in [0.1, 0.15) is 5.78 Å². The van der Waals surface area contributed by atoms with Gasteiger partial charge in [-0.1, -0.05) is 6.07 Å². The van der Waals surface area contributed by atoms with Crippen molar-refractivity contribution in [2.45, 2.75) is 38.2 Å². The molecule has 1 aromatic heterocycles. The molecule has 2 atom stereocenters. The number of carbonyl (C=O) groups excluding carboxylic acids is 2. The molecule has 1 aromatic rings. The average Bonchev–Trinajstić information content (AvgIpc) is 3.00. The van der Waals surface area contributed by atoms with Gasteiger partial charge in [-0.05, 0) is 37.3 Å². The minimum atomic E-state index is -1.14. The third-order valence-electron chi connectivity index (χ3n) is 3.63. The summed E-state index contributed by atoms with van der Waals surface area (Å²) in [6, 6.07) is 3.62. The van der Waals surface area contributed by atoms with Crippen LogP contribution < -0.4 is 5.32 Å². The van der Waals surface area contributed by atoms with E-state index in [0.717, 1.165) is 4.88 Å². The first-order valence-electron chi connectivity index (χ1n) is 7.50. The van der Waals surface area contributed by atoms with Crippen molar-refractivity contribution < 1.29 is 24.4 Å². The first-order chi connectivity index (χ1) is 11.0. The third-order valence-corrected chi connectivity index (χ3v) is 4.54. The molecule has 0 unspecified atom stereocenters. The number of nitrogens with one attached hydrogen (secondary N) is 1. The van der Waals surface area contributed by atoms with Crippen molar-refractivity contribution in [1.29, 1.82) is 0 Å². The zero-order valence-corrected chi connectivity index (χ0v) is 13.7. The van der Waals surface area contributed by atoms with Gasteiger partial charge in [-0.2, -0.15) is 0 Å². The molecule has 124 valence electrons. The predicted octanol–water partition coefficient (Wildman–Crippen LogP) is 0.786. The molecule has 0 aliphatic carbocycles. The van der Waals surface area contributed by atoms with Gasteiger partial charge in [0.25, 0.3) is 5.91 Å². The van der Waals surface area contributed by atoms with Crippen LogP contribution in [-0.2, 0) is 14.2 Å². The van der Waals surface area contributed by atoms with E-state index in [0.29, 0.717) is 18.4 Å². The smallest absolute Gasteiger partial charge is 0.426 e. The number of aliphatic hydroxyl groups is 1. The molecule has 8 heteroatoms. The van der Waals surface area contributed by atoms with Crippen molar-refractivity contribution in [2.24, 2.45) is 0 Å². The minimum absolute atomic E-state index is 0.00977. The average molecular weight is 337 g/mol. The summed E-state index contributed by atoms with van der Waals surface area (Å²) in [7, 11) is -1.14. The van der Waals surface area contributed by atoms with Crippen LogP contribution in [0.4, 0.5) is 0 Å². The van der Waals surface area contributed by atoms with E-state index in [-0.39, 0.29) is 30.8 Å². The van der Waals surface area contributed by atoms with Gasteiger partial charge in [-0.15, -0.1) is 11.3 Å². The molecular weight excluding hydrogens is 317 g/mol. The quantitative estimate of drug-likeness (QED) is 0.527. The van der Waals surface area contributed by atoms with Gasteiger partial charge in [0, 0.05) is 17.4 Å². The van der Waals surface area contributed by atoms with Gasteiger partial charge in [0.15, 0.2) is 0 Å². The number of thiophene rings is 1. The molecule has 1 saturated heterocycles. The fourth-order valence-electron chi connectivity index (χ4n) is 2.56. The lowest BCUT2D eigenvalue weighted by molar-refractivity contribution is -0.119. The highest BCUT2D eigenvalue weighted by Gasteiger charge is 2.36. The van der Waals surface area contributed by atoms with Gasteiger partial charge in [-0.3, -0.25) is 9.59 Å². The zero-order chi connectivity index (χ0) is 16.8. The Hall–Kier alpha value is -1.48. The van der Waals surface area contributed by atoms with Crippen LogP contribution in [0.3, 0.4) is 0 Å². The molecular formula is C15H20BNO5S. The third kappa shape index (κ3) is 5.00. The second kappa shape index (κ2) is 8.40. The Balaban J connectivity index is 1.97. The van der Waals surface area contributed by atoms with Crippen molar-refractivity contribution in [3.05, 3.63) is 28.5 Å². The first-order valence-corrected chi connectivity index (χ1v) is 8.38. The maximum absolute atomic E-state index is 12.4. The number of ketones is 1. The lowest BCUT2D eigenvalue weighted by atomic mass is 9.72. The number of hydrogen-bond donors (Lipinski definition) is 3. The molecule has 0 saturated carbocycles. The maximum atomic E-state index is 12.4. The fourth-order valence-corrected chi connectivity index (χ4v) is 3.32. The van der Waals surface area contributed by atoms with Crippen LogP contribution in [0.5, 0.6) is 0 Å². The summed E-state index contributed by atoms with van der Waals surface area (Å²) in [5, 5.41) is 23.7. The van der Waals surface area contributed by atoms with E-state index in [4.69, 9.17) is 9.76 Å². The molecule has 0 radical (unpaired) electrons. The molecule has 2 heterocycles. The number of hydrogen-bond acceptors (Lipinski definition) is 6. The lowest BCUT2D eigenvalue weighted by Gasteiger charge is -2.31. The van der Waals surface area contributed by atoms with E-state index < -0.39 is 13.1 Å². The van der Waals surface area contributed by atoms with Crippen molar-refractivity contribution in [3.8, 4) is 0 Å². The van der Waals surface area contributed by atoms with Crippen molar-refractivity contribution in [1.82, 2.24) is 5.32 Å². The van der Waals surface area contributed by atoms with Gasteiger partial charge >= 0.3 is 7.12 Å². The zero-order valence-electron chi connectivity index (χ0n) is 12.9. The Labute approximate surface area is 139 Å². The number of amides is 1. The Bertz CT molecular complexity index is 574. The molecule has 23 heavy (non-hydrogen) atoms. The molecule has 6 nitrogen and oxygen atoms in total. The summed E-state index contributed by atoms with van der Waals surface area (Å²) in [4.78, 5) is 24.3. The molecule has 1 aliphatic rings. The number of Topliss-reactive ketones (excluding diaryl/α,β-unsaturated/α-hetero) is 1. The second-order valence-electron chi connectivity index (χ2n) is 5.49. The maximum Gasteiger partial charge on any atom is 0.478 e. The van der Waals surface area contributed by atoms with E-state index in [1.807, 2.05) is 11.4 Å². The lowest BCUT2D eigenvalue weighted by Crippen LogP contribution is -2.53. The van der Waals surface area contributed by atoms with Crippen molar-refractivity contribution in [2.75, 3.05) is 6.61 Å². The normalized spacial score (nSPS) is 22.0. The molecule has 0 aromatic carbocycles. The Morgan fingerprint density at radius 1 is 1.52 bits per heavy atom. The monoisotopic (exact) mass is 337 g/mol. The first kappa shape index (κ1) is 17.9. The van der Waals surface area contributed by atoms with Crippen LogP contribution >= 0.6 is 11.3 Å². The molecule has 1 aliphatic heterocycles. The highest BCUT2D eigenvalue weighted by atomic mass is 32.1. The van der Waals surface area contributed by atoms with E-state index in [9.17, 15) is 14.6 Å². The van der Waals surface area contributed by atoms with Crippen LogP contribution in [0.25, 0.3) is 5.57 Å². The topological polar surface area (TPSA) is 95.9 Å². The molecule has 0 spiro atoms. The van der Waals surface area contributed by atoms with Crippen LogP contribution in [0.1, 0.15) is 31.1 Å². The van der Waals surface area contributed by atoms with Crippen molar-refractivity contribution in [3.63, 3.8) is 0 Å². The van der Waals surface area contributed by atoms with Gasteiger partial charge in [-0.25, -0.2) is 0 Å². The number of aliphatic hydroxyl groups excluding tert-OH is 1. The van der Waals surface area contributed by atoms with E-state index in [2.05, 4.69) is 5.32 Å². The molecule has 1 amide bonds. The van der Waals surface area contributed by atoms with E-state index in [1.165, 1.54) is 24.3 Å². The summed E-state index contributed by atoms with van der Waals surface area (Å²) < 4.78 is 5.39. The fraction of sp³-hybridized carbons (Fsp3) is 0.467. The summed E-state index contributed by atoms with van der Waals surface area (Å²) in [6.07, 6.45) is 2.53. The standard InChI is InChI=1S/C15H20BNO5S/c1-10(19)9-11-4-5-14(16(21)22-11)17-15(20)12(6-7-18)13-3-2-8-23-13/h2-3,6,8,11,14,18,21H,4-5,7,9H2,1H3,(H,17,20)/b12-6+/t11-,14-/m0/s1. The van der Waals surface area contributed by atoms with E-state index in [1.54, 1.807) is 6.07 Å². The summed E-state index contributed by atoms with van der Waals surface area (Å²) >= 11 is 1.40. The van der Waals surface area contributed by atoms with E-state index >= 15 is 0 Å². The Kier molecular flexibility index (Phi) is 6.53. The van der Waals surface area contributed by atoms with Gasteiger partial charge in [0.05, 0.1) is 18.1 Å². The van der Waals surface area contributed by atoms with Crippen LogP contribution in [0.15, 0.2) is 23.6 Å². The van der Waals surface area contributed by atoms with Crippen LogP contribution in [0.2, 0.25) is 0 Å². The van der Waals surface area contributed by atoms with Gasteiger partial charge < -0.3 is 20.1 Å². The number of rotatable bonds is 6. The molecule has 0 bridgehead atoms. The SMILES string of the molecule is CC(=O)C[C@@H]1CC[C@H](NC(=O)/C(=C/CO)c2cccs2)B(O)O1. The van der Waals surface area contributed by atoms with Crippen molar-refractivity contribution >= 4 is 35.7 Å². The summed E-state index contributed by atoms with van der Waals surface area (Å²) in [5.41, 5.74) is 0.376.